The standard InChI is InChI=1S/C19H18ClN3O4/c1-11(12-4-7-15(8-5-12)22-18(24)13-2-3-13)21-19(25)14-6-9-16(20)17(10-14)23(26)27/h4-11,13H,2-3H2,1H3,(H,21,25)(H,22,24). The molecule has 0 spiro atoms. The number of amides is 2. The normalized spacial score (nSPS) is 14.3. The second-order valence-corrected chi connectivity index (χ2v) is 6.91. The van der Waals surface area contributed by atoms with E-state index in [0.29, 0.717) is 5.69 Å². The lowest BCUT2D eigenvalue weighted by molar-refractivity contribution is -0.384. The fourth-order valence-corrected chi connectivity index (χ4v) is 2.79. The summed E-state index contributed by atoms with van der Waals surface area (Å²) < 4.78 is 0. The molecule has 0 radical (unpaired) electrons. The number of nitrogens with zero attached hydrogens (tertiary/aromatic N) is 1. The molecule has 0 bridgehead atoms. The molecule has 1 saturated carbocycles. The van der Waals surface area contributed by atoms with Gasteiger partial charge in [0.15, 0.2) is 0 Å². The van der Waals surface area contributed by atoms with Crippen LogP contribution in [0.5, 0.6) is 0 Å². The largest absolute Gasteiger partial charge is 0.346 e. The molecule has 0 heterocycles. The molecule has 2 N–H and O–H groups in total. The number of hydrogen-bond acceptors (Lipinski definition) is 4. The quantitative estimate of drug-likeness (QED) is 0.575. The Morgan fingerprint density at radius 3 is 2.44 bits per heavy atom. The fourth-order valence-electron chi connectivity index (χ4n) is 2.60. The van der Waals surface area contributed by atoms with Gasteiger partial charge in [0.05, 0.1) is 11.0 Å². The molecule has 140 valence electrons. The molecule has 2 aromatic rings. The van der Waals surface area contributed by atoms with Crippen molar-refractivity contribution in [3.05, 3.63) is 68.7 Å². The summed E-state index contributed by atoms with van der Waals surface area (Å²) in [5.74, 6) is -0.270. The molecule has 27 heavy (non-hydrogen) atoms. The SMILES string of the molecule is CC(NC(=O)c1ccc(Cl)c([N+](=O)[O-])c1)c1ccc(NC(=O)C2CC2)cc1. The molecule has 1 aliphatic rings. The number of nitrogens with one attached hydrogen (secondary N) is 2. The summed E-state index contributed by atoms with van der Waals surface area (Å²) in [6, 6.07) is 10.8. The van der Waals surface area contributed by atoms with Crippen LogP contribution in [0.3, 0.4) is 0 Å². The van der Waals surface area contributed by atoms with Gasteiger partial charge in [0, 0.05) is 23.2 Å². The van der Waals surface area contributed by atoms with E-state index < -0.39 is 10.8 Å². The van der Waals surface area contributed by atoms with E-state index >= 15 is 0 Å². The van der Waals surface area contributed by atoms with Crippen LogP contribution in [0.1, 0.15) is 41.7 Å². The van der Waals surface area contributed by atoms with E-state index in [-0.39, 0.29) is 34.1 Å². The van der Waals surface area contributed by atoms with Gasteiger partial charge in [-0.15, -0.1) is 0 Å². The van der Waals surface area contributed by atoms with Crippen LogP contribution in [0.2, 0.25) is 5.02 Å². The molecule has 3 rings (SSSR count). The van der Waals surface area contributed by atoms with E-state index in [1.54, 1.807) is 19.1 Å². The average Bonchev–Trinajstić information content (AvgIpc) is 3.47. The third-order valence-electron chi connectivity index (χ3n) is 4.38. The van der Waals surface area contributed by atoms with Crippen molar-refractivity contribution >= 4 is 34.8 Å². The molecule has 2 aromatic carbocycles. The fraction of sp³-hybridized carbons (Fsp3) is 0.263. The highest BCUT2D eigenvalue weighted by molar-refractivity contribution is 6.32. The number of carbonyl (C=O) groups is 2. The van der Waals surface area contributed by atoms with E-state index in [9.17, 15) is 19.7 Å². The number of nitro groups is 1. The highest BCUT2D eigenvalue weighted by Gasteiger charge is 2.29. The predicted molar refractivity (Wildman–Crippen MR) is 102 cm³/mol. The van der Waals surface area contributed by atoms with Gasteiger partial charge in [-0.3, -0.25) is 19.7 Å². The first-order valence-electron chi connectivity index (χ1n) is 8.51. The van der Waals surface area contributed by atoms with Crippen molar-refractivity contribution < 1.29 is 14.5 Å². The molecule has 1 fully saturated rings. The Hall–Kier alpha value is -2.93. The number of hydrogen-bond donors (Lipinski definition) is 2. The van der Waals surface area contributed by atoms with Crippen LogP contribution in [0.15, 0.2) is 42.5 Å². The van der Waals surface area contributed by atoms with Crippen molar-refractivity contribution in [1.82, 2.24) is 5.32 Å². The van der Waals surface area contributed by atoms with E-state index in [0.717, 1.165) is 24.5 Å². The zero-order chi connectivity index (χ0) is 19.6. The number of rotatable bonds is 6. The number of carbonyl (C=O) groups excluding carboxylic acids is 2. The van der Waals surface area contributed by atoms with E-state index in [1.807, 2.05) is 12.1 Å². The van der Waals surface area contributed by atoms with E-state index in [4.69, 9.17) is 11.6 Å². The first-order valence-corrected chi connectivity index (χ1v) is 8.88. The molecule has 0 saturated heterocycles. The van der Waals surface area contributed by atoms with Crippen LogP contribution >= 0.6 is 11.6 Å². The summed E-state index contributed by atoms with van der Waals surface area (Å²) in [6.07, 6.45) is 1.88. The minimum Gasteiger partial charge on any atom is -0.346 e. The van der Waals surface area contributed by atoms with Crippen molar-refractivity contribution in [2.75, 3.05) is 5.32 Å². The van der Waals surface area contributed by atoms with Gasteiger partial charge in [0.25, 0.3) is 11.6 Å². The molecule has 7 nitrogen and oxygen atoms in total. The maximum Gasteiger partial charge on any atom is 0.288 e. The van der Waals surface area contributed by atoms with Gasteiger partial charge in [-0.05, 0) is 49.6 Å². The summed E-state index contributed by atoms with van der Waals surface area (Å²) in [5, 5.41) is 16.6. The summed E-state index contributed by atoms with van der Waals surface area (Å²) in [7, 11) is 0. The minimum absolute atomic E-state index is 0.0200. The lowest BCUT2D eigenvalue weighted by Crippen LogP contribution is -2.26. The monoisotopic (exact) mass is 387 g/mol. The number of halogens is 1. The lowest BCUT2D eigenvalue weighted by Gasteiger charge is -2.15. The average molecular weight is 388 g/mol. The summed E-state index contributed by atoms with van der Waals surface area (Å²) in [6.45, 7) is 1.81. The Morgan fingerprint density at radius 2 is 1.85 bits per heavy atom. The molecule has 1 atom stereocenters. The van der Waals surface area contributed by atoms with E-state index in [2.05, 4.69) is 10.6 Å². The van der Waals surface area contributed by atoms with Gasteiger partial charge < -0.3 is 10.6 Å². The third-order valence-corrected chi connectivity index (χ3v) is 4.70. The molecule has 2 amide bonds. The van der Waals surface area contributed by atoms with Crippen LogP contribution in [0.25, 0.3) is 0 Å². The predicted octanol–water partition coefficient (Wildman–Crippen LogP) is 4.09. The Kier molecular flexibility index (Phi) is 5.41. The summed E-state index contributed by atoms with van der Waals surface area (Å²) in [4.78, 5) is 34.5. The van der Waals surface area contributed by atoms with Crippen molar-refractivity contribution in [3.63, 3.8) is 0 Å². The number of anilines is 1. The maximum atomic E-state index is 12.4. The van der Waals surface area contributed by atoms with Crippen LogP contribution in [0.4, 0.5) is 11.4 Å². The maximum absolute atomic E-state index is 12.4. The topological polar surface area (TPSA) is 101 Å². The zero-order valence-corrected chi connectivity index (χ0v) is 15.3. The number of nitro benzene ring substituents is 1. The van der Waals surface area contributed by atoms with Gasteiger partial charge in [-0.25, -0.2) is 0 Å². The third kappa shape index (κ3) is 4.62. The van der Waals surface area contributed by atoms with Gasteiger partial charge >= 0.3 is 0 Å². The second kappa shape index (κ2) is 7.75. The van der Waals surface area contributed by atoms with Crippen molar-refractivity contribution in [2.24, 2.45) is 5.92 Å². The van der Waals surface area contributed by atoms with Gasteiger partial charge in [-0.1, -0.05) is 23.7 Å². The first kappa shape index (κ1) is 18.8. The second-order valence-electron chi connectivity index (χ2n) is 6.50. The van der Waals surface area contributed by atoms with Crippen LogP contribution < -0.4 is 10.6 Å². The zero-order valence-electron chi connectivity index (χ0n) is 14.6. The molecule has 0 aliphatic heterocycles. The molecule has 1 aliphatic carbocycles. The first-order chi connectivity index (χ1) is 12.8. The number of benzene rings is 2. The molecular weight excluding hydrogens is 370 g/mol. The van der Waals surface area contributed by atoms with Crippen molar-refractivity contribution in [2.45, 2.75) is 25.8 Å². The highest BCUT2D eigenvalue weighted by Crippen LogP contribution is 2.30. The molecule has 1 unspecified atom stereocenters. The van der Waals surface area contributed by atoms with E-state index in [1.165, 1.54) is 12.1 Å². The Morgan fingerprint density at radius 1 is 1.19 bits per heavy atom. The molecular formula is C19H18ClN3O4. The minimum atomic E-state index is -0.628. The molecule has 8 heteroatoms. The summed E-state index contributed by atoms with van der Waals surface area (Å²) in [5.41, 5.74) is 1.40. The summed E-state index contributed by atoms with van der Waals surface area (Å²) >= 11 is 5.77. The highest BCUT2D eigenvalue weighted by atomic mass is 35.5. The lowest BCUT2D eigenvalue weighted by atomic mass is 10.1. The van der Waals surface area contributed by atoms with Gasteiger partial charge in [0.2, 0.25) is 5.91 Å². The van der Waals surface area contributed by atoms with Crippen molar-refractivity contribution in [3.8, 4) is 0 Å². The molecule has 0 aromatic heterocycles. The van der Waals surface area contributed by atoms with Crippen LogP contribution in [-0.4, -0.2) is 16.7 Å². The Labute approximate surface area is 160 Å². The van der Waals surface area contributed by atoms with Crippen LogP contribution in [0, 0.1) is 16.0 Å². The van der Waals surface area contributed by atoms with Crippen molar-refractivity contribution in [1.29, 1.82) is 0 Å². The van der Waals surface area contributed by atoms with Gasteiger partial charge in [0.1, 0.15) is 5.02 Å². The van der Waals surface area contributed by atoms with Gasteiger partial charge in [-0.2, -0.15) is 0 Å². The smallest absolute Gasteiger partial charge is 0.288 e. The van der Waals surface area contributed by atoms with Crippen LogP contribution in [-0.2, 0) is 4.79 Å². The Bertz CT molecular complexity index is 894. The Balaban J connectivity index is 1.64.